The quantitative estimate of drug-likeness (QED) is 0.663. The molecular weight excluding hydrogens is 366 g/mol. The number of aromatic amines is 1. The van der Waals surface area contributed by atoms with Gasteiger partial charge in [0, 0.05) is 16.6 Å². The van der Waals surface area contributed by atoms with Crippen LogP contribution < -0.4 is 5.32 Å². The summed E-state index contributed by atoms with van der Waals surface area (Å²) in [7, 11) is 0. The van der Waals surface area contributed by atoms with Gasteiger partial charge in [-0.1, -0.05) is 19.1 Å². The SMILES string of the molecule is C[C@@H]1CCc2[nH]c3ccc(C(=O)OCC(=O)Nc4ccccc4C#N)cc3c2C1. The van der Waals surface area contributed by atoms with Crippen molar-refractivity contribution in [2.45, 2.75) is 26.2 Å². The number of carbonyl (C=O) groups excluding carboxylic acids is 2. The van der Waals surface area contributed by atoms with Gasteiger partial charge in [-0.2, -0.15) is 5.26 Å². The first-order valence-electron chi connectivity index (χ1n) is 9.64. The summed E-state index contributed by atoms with van der Waals surface area (Å²) < 4.78 is 5.18. The number of aromatic nitrogens is 1. The van der Waals surface area contributed by atoms with E-state index in [1.54, 1.807) is 30.3 Å². The maximum atomic E-state index is 12.5. The molecule has 0 spiro atoms. The van der Waals surface area contributed by atoms with E-state index in [0.717, 1.165) is 23.7 Å². The molecule has 1 heterocycles. The number of carbonyl (C=O) groups is 2. The van der Waals surface area contributed by atoms with Crippen molar-refractivity contribution < 1.29 is 14.3 Å². The number of nitrogens with zero attached hydrogens (tertiary/aromatic N) is 1. The van der Waals surface area contributed by atoms with Gasteiger partial charge in [-0.05, 0) is 61.1 Å². The summed E-state index contributed by atoms with van der Waals surface area (Å²) in [6.07, 6.45) is 3.18. The van der Waals surface area contributed by atoms with Crippen molar-refractivity contribution in [1.82, 2.24) is 4.98 Å². The van der Waals surface area contributed by atoms with Crippen molar-refractivity contribution in [2.75, 3.05) is 11.9 Å². The van der Waals surface area contributed by atoms with E-state index in [1.807, 2.05) is 18.2 Å². The van der Waals surface area contributed by atoms with Crippen LogP contribution >= 0.6 is 0 Å². The second kappa shape index (κ2) is 7.80. The fourth-order valence-electron chi connectivity index (χ4n) is 3.81. The highest BCUT2D eigenvalue weighted by atomic mass is 16.5. The Hall–Kier alpha value is -3.59. The third-order valence-electron chi connectivity index (χ3n) is 5.33. The van der Waals surface area contributed by atoms with Gasteiger partial charge in [-0.15, -0.1) is 0 Å². The van der Waals surface area contributed by atoms with Crippen LogP contribution in [-0.2, 0) is 22.4 Å². The Morgan fingerprint density at radius 3 is 2.93 bits per heavy atom. The van der Waals surface area contributed by atoms with Gasteiger partial charge in [0.2, 0.25) is 0 Å². The molecular formula is C23H21N3O3. The van der Waals surface area contributed by atoms with Gasteiger partial charge in [-0.3, -0.25) is 4.79 Å². The van der Waals surface area contributed by atoms with Gasteiger partial charge >= 0.3 is 5.97 Å². The number of H-pyrrole nitrogens is 1. The Labute approximate surface area is 168 Å². The average Bonchev–Trinajstić information content (AvgIpc) is 3.09. The van der Waals surface area contributed by atoms with Crippen LogP contribution in [0.3, 0.4) is 0 Å². The molecule has 0 unspecified atom stereocenters. The number of nitriles is 1. The number of aryl methyl sites for hydroxylation is 1. The first-order valence-corrected chi connectivity index (χ1v) is 9.64. The van der Waals surface area contributed by atoms with Gasteiger partial charge in [0.15, 0.2) is 6.61 Å². The molecule has 3 aromatic rings. The van der Waals surface area contributed by atoms with Crippen molar-refractivity contribution in [3.8, 4) is 6.07 Å². The van der Waals surface area contributed by atoms with Crippen molar-refractivity contribution >= 4 is 28.5 Å². The van der Waals surface area contributed by atoms with Crippen LogP contribution in [0.15, 0.2) is 42.5 Å². The maximum Gasteiger partial charge on any atom is 0.338 e. The Bertz CT molecular complexity index is 1140. The van der Waals surface area contributed by atoms with Crippen molar-refractivity contribution in [3.63, 3.8) is 0 Å². The van der Waals surface area contributed by atoms with Gasteiger partial charge in [0.25, 0.3) is 5.91 Å². The van der Waals surface area contributed by atoms with Gasteiger partial charge in [0.05, 0.1) is 16.8 Å². The number of amides is 1. The summed E-state index contributed by atoms with van der Waals surface area (Å²) in [5.74, 6) is -0.415. The number of fused-ring (bicyclic) bond motifs is 3. The standard InChI is InChI=1S/C23H21N3O3/c1-14-6-8-20-17(10-14)18-11-15(7-9-21(18)25-20)23(28)29-13-22(27)26-19-5-3-2-4-16(19)12-24/h2-5,7,9,11,14,25H,6,8,10,13H2,1H3,(H,26,27)/t14-/m1/s1. The predicted octanol–water partition coefficient (Wildman–Crippen LogP) is 3.96. The highest BCUT2D eigenvalue weighted by Crippen LogP contribution is 2.32. The van der Waals surface area contributed by atoms with Crippen LogP contribution in [0.25, 0.3) is 10.9 Å². The summed E-state index contributed by atoms with van der Waals surface area (Å²) in [6.45, 7) is 1.82. The molecule has 0 radical (unpaired) electrons. The Kier molecular flexibility index (Phi) is 5.05. The second-order valence-corrected chi connectivity index (χ2v) is 7.47. The molecule has 29 heavy (non-hydrogen) atoms. The number of hydrogen-bond donors (Lipinski definition) is 2. The highest BCUT2D eigenvalue weighted by Gasteiger charge is 2.21. The molecule has 1 amide bonds. The lowest BCUT2D eigenvalue weighted by atomic mass is 9.87. The summed E-state index contributed by atoms with van der Waals surface area (Å²) in [5.41, 5.74) is 4.71. The van der Waals surface area contributed by atoms with E-state index in [0.29, 0.717) is 22.7 Å². The number of nitrogens with one attached hydrogen (secondary N) is 2. The van der Waals surface area contributed by atoms with Crippen LogP contribution in [0.1, 0.15) is 40.5 Å². The molecule has 0 saturated carbocycles. The summed E-state index contributed by atoms with van der Waals surface area (Å²) >= 11 is 0. The number of esters is 1. The topological polar surface area (TPSA) is 95.0 Å². The number of hydrogen-bond acceptors (Lipinski definition) is 4. The van der Waals surface area contributed by atoms with Gasteiger partial charge < -0.3 is 15.0 Å². The van der Waals surface area contributed by atoms with E-state index >= 15 is 0 Å². The van der Waals surface area contributed by atoms with Gasteiger partial charge in [0.1, 0.15) is 6.07 Å². The van der Waals surface area contributed by atoms with E-state index < -0.39 is 18.5 Å². The Morgan fingerprint density at radius 1 is 1.28 bits per heavy atom. The summed E-state index contributed by atoms with van der Waals surface area (Å²) in [6, 6.07) is 14.1. The number of para-hydroxylation sites is 1. The Balaban J connectivity index is 1.44. The van der Waals surface area contributed by atoms with Crippen LogP contribution in [0.4, 0.5) is 5.69 Å². The van der Waals surface area contributed by atoms with Gasteiger partial charge in [-0.25, -0.2) is 4.79 Å². The first-order chi connectivity index (χ1) is 14.0. The lowest BCUT2D eigenvalue weighted by Crippen LogP contribution is -2.21. The molecule has 6 heteroatoms. The Morgan fingerprint density at radius 2 is 2.10 bits per heavy atom. The molecule has 1 aliphatic carbocycles. The molecule has 1 aromatic heterocycles. The van der Waals surface area contributed by atoms with Crippen LogP contribution in [-0.4, -0.2) is 23.5 Å². The minimum absolute atomic E-state index is 0.351. The molecule has 2 N–H and O–H groups in total. The smallest absolute Gasteiger partial charge is 0.338 e. The molecule has 1 atom stereocenters. The minimum atomic E-state index is -0.547. The minimum Gasteiger partial charge on any atom is -0.452 e. The maximum absolute atomic E-state index is 12.5. The normalized spacial score (nSPS) is 15.4. The zero-order valence-electron chi connectivity index (χ0n) is 16.1. The van der Waals surface area contributed by atoms with Crippen LogP contribution in [0.5, 0.6) is 0 Å². The molecule has 1 aliphatic rings. The lowest BCUT2D eigenvalue weighted by Gasteiger charge is -2.18. The van der Waals surface area contributed by atoms with Crippen LogP contribution in [0, 0.1) is 17.2 Å². The van der Waals surface area contributed by atoms with E-state index in [9.17, 15) is 9.59 Å². The molecule has 0 fully saturated rings. The zero-order valence-corrected chi connectivity index (χ0v) is 16.1. The fourth-order valence-corrected chi connectivity index (χ4v) is 3.81. The number of rotatable bonds is 4. The second-order valence-electron chi connectivity index (χ2n) is 7.47. The predicted molar refractivity (Wildman–Crippen MR) is 110 cm³/mol. The van der Waals surface area contributed by atoms with E-state index in [2.05, 4.69) is 17.2 Å². The number of anilines is 1. The summed E-state index contributed by atoms with van der Waals surface area (Å²) in [5, 5.41) is 12.7. The number of ether oxygens (including phenoxy) is 1. The van der Waals surface area contributed by atoms with E-state index in [-0.39, 0.29) is 0 Å². The molecule has 146 valence electrons. The number of benzene rings is 2. The lowest BCUT2D eigenvalue weighted by molar-refractivity contribution is -0.119. The van der Waals surface area contributed by atoms with Crippen LogP contribution in [0.2, 0.25) is 0 Å². The molecule has 0 bridgehead atoms. The van der Waals surface area contributed by atoms with E-state index in [4.69, 9.17) is 10.00 Å². The van der Waals surface area contributed by atoms with Crippen molar-refractivity contribution in [2.24, 2.45) is 5.92 Å². The van der Waals surface area contributed by atoms with E-state index in [1.165, 1.54) is 17.7 Å². The molecule has 6 nitrogen and oxygen atoms in total. The first kappa shape index (κ1) is 18.8. The fraction of sp³-hybridized carbons (Fsp3) is 0.261. The monoisotopic (exact) mass is 387 g/mol. The zero-order chi connectivity index (χ0) is 20.4. The highest BCUT2D eigenvalue weighted by molar-refractivity contribution is 5.98. The third-order valence-corrected chi connectivity index (χ3v) is 5.33. The largest absolute Gasteiger partial charge is 0.452 e. The average molecular weight is 387 g/mol. The molecule has 0 saturated heterocycles. The van der Waals surface area contributed by atoms with Crippen molar-refractivity contribution in [3.05, 3.63) is 64.8 Å². The summed E-state index contributed by atoms with van der Waals surface area (Å²) in [4.78, 5) is 28.0. The molecule has 0 aliphatic heterocycles. The van der Waals surface area contributed by atoms with Crippen molar-refractivity contribution in [1.29, 1.82) is 5.26 Å². The molecule has 4 rings (SSSR count). The third kappa shape index (κ3) is 3.85. The molecule has 2 aromatic carbocycles.